The summed E-state index contributed by atoms with van der Waals surface area (Å²) in [6.07, 6.45) is 1.46. The standard InChI is InChI=1S/C12H20N2O3/c1-8(2)5-9(3)6-12(15)16-7-11-13-10(4)17-14-11/h8-9H,5-7H2,1-4H3. The smallest absolute Gasteiger partial charge is 0.306 e. The van der Waals surface area contributed by atoms with Gasteiger partial charge >= 0.3 is 5.97 Å². The average molecular weight is 240 g/mol. The van der Waals surface area contributed by atoms with Crippen molar-refractivity contribution in [2.45, 2.75) is 47.1 Å². The lowest BCUT2D eigenvalue weighted by molar-refractivity contribution is -0.146. The van der Waals surface area contributed by atoms with E-state index in [1.54, 1.807) is 6.92 Å². The lowest BCUT2D eigenvalue weighted by Crippen LogP contribution is -2.11. The van der Waals surface area contributed by atoms with E-state index in [0.29, 0.717) is 30.0 Å². The zero-order valence-corrected chi connectivity index (χ0v) is 10.9. The van der Waals surface area contributed by atoms with E-state index in [1.807, 2.05) is 0 Å². The van der Waals surface area contributed by atoms with Crippen LogP contribution in [0, 0.1) is 18.8 Å². The number of carbonyl (C=O) groups is 1. The highest BCUT2D eigenvalue weighted by Gasteiger charge is 2.13. The second-order valence-electron chi connectivity index (χ2n) is 4.83. The van der Waals surface area contributed by atoms with Crippen LogP contribution in [-0.4, -0.2) is 16.1 Å². The zero-order valence-electron chi connectivity index (χ0n) is 10.9. The van der Waals surface area contributed by atoms with Crippen LogP contribution < -0.4 is 0 Å². The molecule has 5 heteroatoms. The van der Waals surface area contributed by atoms with Gasteiger partial charge in [-0.3, -0.25) is 4.79 Å². The highest BCUT2D eigenvalue weighted by atomic mass is 16.5. The number of rotatable bonds is 6. The maximum atomic E-state index is 11.5. The van der Waals surface area contributed by atoms with Crippen LogP contribution in [-0.2, 0) is 16.1 Å². The number of hydrogen-bond donors (Lipinski definition) is 0. The Morgan fingerprint density at radius 2 is 2.12 bits per heavy atom. The van der Waals surface area contributed by atoms with Crippen LogP contribution in [0.3, 0.4) is 0 Å². The highest BCUT2D eigenvalue weighted by Crippen LogP contribution is 2.15. The Bertz CT molecular complexity index is 360. The Labute approximate surface area is 102 Å². The van der Waals surface area contributed by atoms with Crippen molar-refractivity contribution < 1.29 is 14.1 Å². The zero-order chi connectivity index (χ0) is 12.8. The van der Waals surface area contributed by atoms with Crippen molar-refractivity contribution in [3.05, 3.63) is 11.7 Å². The predicted octanol–water partition coefficient (Wildman–Crippen LogP) is 2.49. The normalized spacial score (nSPS) is 12.8. The fourth-order valence-electron chi connectivity index (χ4n) is 1.78. The molecule has 17 heavy (non-hydrogen) atoms. The summed E-state index contributed by atoms with van der Waals surface area (Å²) in [7, 11) is 0. The quantitative estimate of drug-likeness (QED) is 0.715. The van der Waals surface area contributed by atoms with Crippen LogP contribution in [0.5, 0.6) is 0 Å². The van der Waals surface area contributed by atoms with Crippen molar-refractivity contribution in [1.29, 1.82) is 0 Å². The number of aryl methyl sites for hydroxylation is 1. The van der Waals surface area contributed by atoms with Gasteiger partial charge in [-0.25, -0.2) is 0 Å². The number of aromatic nitrogens is 2. The van der Waals surface area contributed by atoms with Crippen LogP contribution in [0.2, 0.25) is 0 Å². The lowest BCUT2D eigenvalue weighted by Gasteiger charge is -2.12. The summed E-state index contributed by atoms with van der Waals surface area (Å²) in [5.74, 6) is 1.62. The summed E-state index contributed by atoms with van der Waals surface area (Å²) >= 11 is 0. The van der Waals surface area contributed by atoms with Crippen LogP contribution in [0.25, 0.3) is 0 Å². The van der Waals surface area contributed by atoms with Gasteiger partial charge in [0.15, 0.2) is 6.61 Å². The van der Waals surface area contributed by atoms with Gasteiger partial charge in [0.1, 0.15) is 0 Å². The molecular formula is C12H20N2O3. The van der Waals surface area contributed by atoms with Crippen molar-refractivity contribution >= 4 is 5.97 Å². The van der Waals surface area contributed by atoms with Gasteiger partial charge < -0.3 is 9.26 Å². The molecule has 5 nitrogen and oxygen atoms in total. The summed E-state index contributed by atoms with van der Waals surface area (Å²) in [5, 5.41) is 3.65. The highest BCUT2D eigenvalue weighted by molar-refractivity contribution is 5.69. The first-order valence-electron chi connectivity index (χ1n) is 5.92. The number of carbonyl (C=O) groups excluding carboxylic acids is 1. The first-order valence-corrected chi connectivity index (χ1v) is 5.92. The summed E-state index contributed by atoms with van der Waals surface area (Å²) in [5.41, 5.74) is 0. The van der Waals surface area contributed by atoms with Gasteiger partial charge in [0.2, 0.25) is 11.7 Å². The van der Waals surface area contributed by atoms with Crippen molar-refractivity contribution in [3.63, 3.8) is 0 Å². The van der Waals surface area contributed by atoms with Crippen molar-refractivity contribution in [2.75, 3.05) is 0 Å². The molecule has 0 N–H and O–H groups in total. The van der Waals surface area contributed by atoms with E-state index >= 15 is 0 Å². The molecule has 1 atom stereocenters. The Morgan fingerprint density at radius 3 is 2.65 bits per heavy atom. The molecule has 0 fully saturated rings. The second-order valence-corrected chi connectivity index (χ2v) is 4.83. The largest absolute Gasteiger partial charge is 0.457 e. The molecule has 0 spiro atoms. The van der Waals surface area contributed by atoms with E-state index in [0.717, 1.165) is 6.42 Å². The molecule has 96 valence electrons. The monoisotopic (exact) mass is 240 g/mol. The first kappa shape index (κ1) is 13.7. The Balaban J connectivity index is 2.25. The van der Waals surface area contributed by atoms with E-state index < -0.39 is 0 Å². The summed E-state index contributed by atoms with van der Waals surface area (Å²) in [6.45, 7) is 8.13. The molecule has 0 radical (unpaired) electrons. The molecule has 0 saturated heterocycles. The number of hydrogen-bond acceptors (Lipinski definition) is 5. The van der Waals surface area contributed by atoms with Gasteiger partial charge in [-0.05, 0) is 18.3 Å². The van der Waals surface area contributed by atoms with Crippen LogP contribution in [0.1, 0.15) is 45.3 Å². The second kappa shape index (κ2) is 6.37. The van der Waals surface area contributed by atoms with E-state index in [1.165, 1.54) is 0 Å². The maximum Gasteiger partial charge on any atom is 0.306 e. The lowest BCUT2D eigenvalue weighted by atomic mass is 9.96. The molecule has 1 aromatic rings. The Morgan fingerprint density at radius 1 is 1.41 bits per heavy atom. The van der Waals surface area contributed by atoms with Gasteiger partial charge in [0, 0.05) is 13.3 Å². The minimum atomic E-state index is -0.208. The van der Waals surface area contributed by atoms with Crippen LogP contribution >= 0.6 is 0 Å². The van der Waals surface area contributed by atoms with Gasteiger partial charge in [-0.2, -0.15) is 4.98 Å². The molecule has 0 bridgehead atoms. The SMILES string of the molecule is Cc1nc(COC(=O)CC(C)CC(C)C)no1. The first-order chi connectivity index (χ1) is 7.97. The van der Waals surface area contributed by atoms with Crippen LogP contribution in [0.15, 0.2) is 4.52 Å². The summed E-state index contributed by atoms with van der Waals surface area (Å²) in [4.78, 5) is 15.5. The molecule has 1 unspecified atom stereocenters. The van der Waals surface area contributed by atoms with E-state index in [4.69, 9.17) is 9.26 Å². The average Bonchev–Trinajstić information content (AvgIpc) is 2.59. The fourth-order valence-corrected chi connectivity index (χ4v) is 1.78. The van der Waals surface area contributed by atoms with Gasteiger partial charge in [0.05, 0.1) is 0 Å². The minimum absolute atomic E-state index is 0.0879. The molecule has 0 aliphatic carbocycles. The maximum absolute atomic E-state index is 11.5. The third-order valence-corrected chi connectivity index (χ3v) is 2.32. The molecule has 0 aliphatic rings. The molecule has 1 aromatic heterocycles. The number of esters is 1. The van der Waals surface area contributed by atoms with Crippen molar-refractivity contribution in [1.82, 2.24) is 10.1 Å². The summed E-state index contributed by atoms with van der Waals surface area (Å²) in [6, 6.07) is 0. The summed E-state index contributed by atoms with van der Waals surface area (Å²) < 4.78 is 9.85. The molecule has 0 saturated carbocycles. The fraction of sp³-hybridized carbons (Fsp3) is 0.750. The minimum Gasteiger partial charge on any atom is -0.457 e. The molecule has 1 heterocycles. The van der Waals surface area contributed by atoms with E-state index in [-0.39, 0.29) is 12.6 Å². The van der Waals surface area contributed by atoms with Gasteiger partial charge in [0.25, 0.3) is 0 Å². The van der Waals surface area contributed by atoms with Crippen LogP contribution in [0.4, 0.5) is 0 Å². The third kappa shape index (κ3) is 5.47. The van der Waals surface area contributed by atoms with Gasteiger partial charge in [-0.15, -0.1) is 0 Å². The molecular weight excluding hydrogens is 220 g/mol. The van der Waals surface area contributed by atoms with E-state index in [9.17, 15) is 4.79 Å². The third-order valence-electron chi connectivity index (χ3n) is 2.32. The van der Waals surface area contributed by atoms with Crippen molar-refractivity contribution in [2.24, 2.45) is 11.8 Å². The Hall–Kier alpha value is -1.39. The molecule has 1 rings (SSSR count). The Kier molecular flexibility index (Phi) is 5.12. The van der Waals surface area contributed by atoms with E-state index in [2.05, 4.69) is 30.9 Å². The number of nitrogens with zero attached hydrogens (tertiary/aromatic N) is 2. The molecule has 0 aromatic carbocycles. The van der Waals surface area contributed by atoms with Crippen molar-refractivity contribution in [3.8, 4) is 0 Å². The number of ether oxygens (including phenoxy) is 1. The van der Waals surface area contributed by atoms with Gasteiger partial charge in [-0.1, -0.05) is 25.9 Å². The molecule has 0 aliphatic heterocycles. The molecule has 0 amide bonds. The predicted molar refractivity (Wildman–Crippen MR) is 62.1 cm³/mol. The topological polar surface area (TPSA) is 65.2 Å².